The Bertz CT molecular complexity index is 141. The molecule has 0 radical (unpaired) electrons. The highest BCUT2D eigenvalue weighted by molar-refractivity contribution is 4.67. The second-order valence-electron chi connectivity index (χ2n) is 4.01. The molecule has 0 aromatic rings. The van der Waals surface area contributed by atoms with E-state index >= 15 is 0 Å². The molecule has 0 amide bonds. The van der Waals surface area contributed by atoms with Crippen molar-refractivity contribution in [3.05, 3.63) is 0 Å². The first-order valence-electron chi connectivity index (χ1n) is 5.26. The van der Waals surface area contributed by atoms with Gasteiger partial charge in [-0.1, -0.05) is 6.92 Å². The van der Waals surface area contributed by atoms with E-state index in [1.807, 2.05) is 0 Å². The molecule has 0 saturated carbocycles. The number of quaternary nitrogens is 1. The van der Waals surface area contributed by atoms with Gasteiger partial charge < -0.3 is 4.48 Å². The van der Waals surface area contributed by atoms with Gasteiger partial charge in [0, 0.05) is 6.54 Å². The van der Waals surface area contributed by atoms with Crippen LogP contribution < -0.4 is 0 Å². The van der Waals surface area contributed by atoms with Crippen molar-refractivity contribution in [2.45, 2.75) is 33.7 Å². The van der Waals surface area contributed by atoms with E-state index in [-0.39, 0.29) is 0 Å². The van der Waals surface area contributed by atoms with Crippen molar-refractivity contribution >= 4 is 0 Å². The minimum atomic E-state index is 0.833. The van der Waals surface area contributed by atoms with Crippen molar-refractivity contribution < 1.29 is 4.48 Å². The zero-order valence-corrected chi connectivity index (χ0v) is 9.01. The van der Waals surface area contributed by atoms with Gasteiger partial charge in [0.15, 0.2) is 0 Å². The Morgan fingerprint density at radius 3 is 2.08 bits per heavy atom. The topological polar surface area (TPSA) is 3.24 Å². The maximum absolute atomic E-state index is 2.57. The Morgan fingerprint density at radius 2 is 1.83 bits per heavy atom. The third kappa shape index (κ3) is 1.50. The van der Waals surface area contributed by atoms with Crippen LogP contribution in [0, 0.1) is 0 Å². The third-order valence-electron chi connectivity index (χ3n) is 3.65. The van der Waals surface area contributed by atoms with Crippen LogP contribution in [0.15, 0.2) is 0 Å². The van der Waals surface area contributed by atoms with Crippen LogP contribution in [0.5, 0.6) is 0 Å². The quantitative estimate of drug-likeness (QED) is 0.582. The summed E-state index contributed by atoms with van der Waals surface area (Å²) in [4.78, 5) is 2.57. The average molecular weight is 171 g/mol. The fourth-order valence-corrected chi connectivity index (χ4v) is 2.42. The third-order valence-corrected chi connectivity index (χ3v) is 3.65. The Labute approximate surface area is 76.7 Å². The van der Waals surface area contributed by atoms with Gasteiger partial charge in [-0.2, -0.15) is 0 Å². The Hall–Kier alpha value is -0.0800. The molecule has 0 aliphatic carbocycles. The smallest absolute Gasteiger partial charge is 0.135 e. The summed E-state index contributed by atoms with van der Waals surface area (Å²) in [5.41, 5.74) is 0. The van der Waals surface area contributed by atoms with Gasteiger partial charge in [-0.15, -0.1) is 0 Å². The average Bonchev–Trinajstić information content (AvgIpc) is 2.43. The van der Waals surface area contributed by atoms with E-state index in [1.54, 1.807) is 0 Å². The first kappa shape index (κ1) is 10.0. The summed E-state index contributed by atoms with van der Waals surface area (Å²) in [5.74, 6) is 0. The highest BCUT2D eigenvalue weighted by atomic mass is 15.5. The molecule has 0 bridgehead atoms. The molecule has 2 nitrogen and oxygen atoms in total. The predicted molar refractivity (Wildman–Crippen MR) is 52.9 cm³/mol. The highest BCUT2D eigenvalue weighted by Crippen LogP contribution is 2.22. The zero-order chi connectivity index (χ0) is 9.19. The molecule has 1 aliphatic heterocycles. The summed E-state index contributed by atoms with van der Waals surface area (Å²) in [7, 11) is 0. The lowest BCUT2D eigenvalue weighted by Gasteiger charge is -2.36. The minimum absolute atomic E-state index is 0.833. The molecule has 0 aromatic carbocycles. The molecule has 1 fully saturated rings. The molecule has 72 valence electrons. The molecule has 1 heterocycles. The van der Waals surface area contributed by atoms with Crippen molar-refractivity contribution in [3.63, 3.8) is 0 Å². The van der Waals surface area contributed by atoms with Crippen LogP contribution in [-0.4, -0.2) is 48.3 Å². The molecule has 2 heteroatoms. The van der Waals surface area contributed by atoms with Gasteiger partial charge in [0.25, 0.3) is 0 Å². The fourth-order valence-electron chi connectivity index (χ4n) is 2.42. The van der Waals surface area contributed by atoms with E-state index in [4.69, 9.17) is 0 Å². The molecule has 0 aromatic heterocycles. The number of nitrogens with zero attached hydrogens (tertiary/aromatic N) is 2. The summed E-state index contributed by atoms with van der Waals surface area (Å²) in [5, 5.41) is 0. The molecule has 1 unspecified atom stereocenters. The summed E-state index contributed by atoms with van der Waals surface area (Å²) in [6.07, 6.45) is 0. The molecular formula is C10H23N2+. The summed E-state index contributed by atoms with van der Waals surface area (Å²) >= 11 is 0. The fraction of sp³-hybridized carbons (Fsp3) is 1.00. The Kier molecular flexibility index (Phi) is 3.13. The Balaban J connectivity index is 2.65. The molecular weight excluding hydrogens is 148 g/mol. The van der Waals surface area contributed by atoms with Crippen LogP contribution in [0.1, 0.15) is 27.7 Å². The molecule has 0 spiro atoms. The minimum Gasteiger partial charge on any atom is -0.308 e. The lowest BCUT2D eigenvalue weighted by atomic mass is 10.2. The second-order valence-corrected chi connectivity index (χ2v) is 4.01. The van der Waals surface area contributed by atoms with Gasteiger partial charge in [-0.05, 0) is 20.8 Å². The monoisotopic (exact) mass is 171 g/mol. The first-order chi connectivity index (χ1) is 5.68. The van der Waals surface area contributed by atoms with E-state index in [0.717, 1.165) is 6.04 Å². The maximum atomic E-state index is 2.57. The molecule has 1 aliphatic rings. The standard InChI is InChI=1S/C10H23N2/c1-5-11-8-10(4)12(6-2,7-3)9-11/h10H,5-9H2,1-4H3/q+1. The first-order valence-corrected chi connectivity index (χ1v) is 5.26. The van der Waals surface area contributed by atoms with E-state index < -0.39 is 0 Å². The summed E-state index contributed by atoms with van der Waals surface area (Å²) in [6.45, 7) is 15.6. The number of likely N-dealkylation sites (N-methyl/N-ethyl adjacent to an activating group) is 2. The van der Waals surface area contributed by atoms with E-state index in [1.165, 1.54) is 37.3 Å². The number of hydrogen-bond donors (Lipinski definition) is 0. The van der Waals surface area contributed by atoms with Crippen LogP contribution in [-0.2, 0) is 0 Å². The molecule has 1 atom stereocenters. The van der Waals surface area contributed by atoms with Crippen LogP contribution in [0.3, 0.4) is 0 Å². The van der Waals surface area contributed by atoms with Gasteiger partial charge in [0.1, 0.15) is 12.7 Å². The second kappa shape index (κ2) is 3.75. The van der Waals surface area contributed by atoms with Crippen LogP contribution in [0.25, 0.3) is 0 Å². The summed E-state index contributed by atoms with van der Waals surface area (Å²) in [6, 6.07) is 0.833. The van der Waals surface area contributed by atoms with Crippen molar-refractivity contribution in [1.82, 2.24) is 4.90 Å². The predicted octanol–water partition coefficient (Wildman–Crippen LogP) is 1.52. The SMILES string of the molecule is CCN1CC(C)[N+](CC)(CC)C1. The van der Waals surface area contributed by atoms with Crippen molar-refractivity contribution in [1.29, 1.82) is 0 Å². The lowest BCUT2D eigenvalue weighted by molar-refractivity contribution is -0.937. The molecule has 1 saturated heterocycles. The molecule has 12 heavy (non-hydrogen) atoms. The number of rotatable bonds is 3. The van der Waals surface area contributed by atoms with Crippen molar-refractivity contribution in [2.24, 2.45) is 0 Å². The van der Waals surface area contributed by atoms with Crippen LogP contribution in [0.2, 0.25) is 0 Å². The van der Waals surface area contributed by atoms with Crippen molar-refractivity contribution in [2.75, 3.05) is 32.8 Å². The molecule has 0 N–H and O–H groups in total. The van der Waals surface area contributed by atoms with Crippen LogP contribution >= 0.6 is 0 Å². The van der Waals surface area contributed by atoms with E-state index in [9.17, 15) is 0 Å². The highest BCUT2D eigenvalue weighted by Gasteiger charge is 2.39. The zero-order valence-electron chi connectivity index (χ0n) is 9.01. The van der Waals surface area contributed by atoms with Crippen molar-refractivity contribution in [3.8, 4) is 0 Å². The van der Waals surface area contributed by atoms with Gasteiger partial charge in [0.05, 0.1) is 19.6 Å². The van der Waals surface area contributed by atoms with E-state index in [0.29, 0.717) is 0 Å². The lowest BCUT2D eigenvalue weighted by Crippen LogP contribution is -2.51. The van der Waals surface area contributed by atoms with Gasteiger partial charge in [-0.25, -0.2) is 0 Å². The maximum Gasteiger partial charge on any atom is 0.135 e. The summed E-state index contributed by atoms with van der Waals surface area (Å²) < 4.78 is 1.30. The van der Waals surface area contributed by atoms with Gasteiger partial charge in [0.2, 0.25) is 0 Å². The normalized spacial score (nSPS) is 29.5. The van der Waals surface area contributed by atoms with Gasteiger partial charge >= 0.3 is 0 Å². The van der Waals surface area contributed by atoms with Gasteiger partial charge in [-0.3, -0.25) is 4.90 Å². The van der Waals surface area contributed by atoms with E-state index in [2.05, 4.69) is 32.6 Å². The van der Waals surface area contributed by atoms with Crippen LogP contribution in [0.4, 0.5) is 0 Å². The largest absolute Gasteiger partial charge is 0.308 e. The Morgan fingerprint density at radius 1 is 1.25 bits per heavy atom. The molecule has 1 rings (SSSR count). The number of hydrogen-bond acceptors (Lipinski definition) is 1.